The third-order valence-electron chi connectivity index (χ3n) is 4.70. The van der Waals surface area contributed by atoms with Crippen molar-refractivity contribution in [2.24, 2.45) is 5.92 Å². The molecule has 1 aliphatic rings. The summed E-state index contributed by atoms with van der Waals surface area (Å²) in [6.07, 6.45) is 6.67. The smallest absolute Gasteiger partial charge is 0.252 e. The van der Waals surface area contributed by atoms with Gasteiger partial charge >= 0.3 is 0 Å². The first-order valence-corrected chi connectivity index (χ1v) is 9.36. The first-order chi connectivity index (χ1) is 12.7. The van der Waals surface area contributed by atoms with Crippen LogP contribution in [0.25, 0.3) is 0 Å². The van der Waals surface area contributed by atoms with Crippen molar-refractivity contribution in [3.05, 3.63) is 59.9 Å². The molecule has 2 N–H and O–H groups in total. The van der Waals surface area contributed by atoms with Crippen LogP contribution in [0, 0.1) is 5.92 Å². The Morgan fingerprint density at radius 2 is 2.12 bits per heavy atom. The van der Waals surface area contributed by atoms with Crippen LogP contribution in [0.4, 0.5) is 0 Å². The Labute approximate surface area is 155 Å². The zero-order valence-electron chi connectivity index (χ0n) is 15.3. The van der Waals surface area contributed by atoms with E-state index in [2.05, 4.69) is 28.6 Å². The Balaban J connectivity index is 1.38. The zero-order valence-corrected chi connectivity index (χ0v) is 15.3. The van der Waals surface area contributed by atoms with Crippen molar-refractivity contribution in [2.45, 2.75) is 38.8 Å². The summed E-state index contributed by atoms with van der Waals surface area (Å²) in [4.78, 5) is 15.9. The molecule has 0 bridgehead atoms. The molecular weight excluding hydrogens is 326 g/mol. The molecule has 138 valence electrons. The minimum atomic E-state index is -0.100. The summed E-state index contributed by atoms with van der Waals surface area (Å²) in [6, 6.07) is 12.2. The Kier molecular flexibility index (Phi) is 6.61. The van der Waals surface area contributed by atoms with Crippen LogP contribution in [0.3, 0.4) is 0 Å². The van der Waals surface area contributed by atoms with E-state index in [1.807, 2.05) is 18.2 Å². The molecule has 1 aromatic carbocycles. The number of hydrogen-bond donors (Lipinski definition) is 2. The fraction of sp³-hybridized carbons (Fsp3) is 0.429. The summed E-state index contributed by atoms with van der Waals surface area (Å²) in [6.45, 7) is 4.23. The van der Waals surface area contributed by atoms with Crippen molar-refractivity contribution in [1.82, 2.24) is 15.6 Å². The maximum Gasteiger partial charge on any atom is 0.252 e. The molecule has 0 saturated heterocycles. The summed E-state index contributed by atoms with van der Waals surface area (Å²) < 4.78 is 5.93. The molecule has 26 heavy (non-hydrogen) atoms. The average molecular weight is 353 g/mol. The highest BCUT2D eigenvalue weighted by Crippen LogP contribution is 2.32. The summed E-state index contributed by atoms with van der Waals surface area (Å²) >= 11 is 0. The van der Waals surface area contributed by atoms with Crippen molar-refractivity contribution < 1.29 is 9.53 Å². The summed E-state index contributed by atoms with van der Waals surface area (Å²) in [5.41, 5.74) is 1.76. The molecule has 2 aromatic rings. The van der Waals surface area contributed by atoms with Gasteiger partial charge in [-0.05, 0) is 50.3 Å². The molecule has 1 fully saturated rings. The monoisotopic (exact) mass is 353 g/mol. The SMILES string of the molecule is CC(NCc1ccccc1OCCCNC(=O)c1cccnc1)C1CC1. The molecule has 1 saturated carbocycles. The van der Waals surface area contributed by atoms with E-state index in [1.165, 1.54) is 18.4 Å². The van der Waals surface area contributed by atoms with Gasteiger partial charge in [0.2, 0.25) is 0 Å². The third-order valence-corrected chi connectivity index (χ3v) is 4.70. The minimum absolute atomic E-state index is 0.100. The largest absolute Gasteiger partial charge is 0.493 e. The Hall–Kier alpha value is -2.40. The lowest BCUT2D eigenvalue weighted by Crippen LogP contribution is -2.27. The van der Waals surface area contributed by atoms with Gasteiger partial charge in [0.05, 0.1) is 12.2 Å². The first-order valence-electron chi connectivity index (χ1n) is 9.36. The van der Waals surface area contributed by atoms with E-state index in [-0.39, 0.29) is 5.91 Å². The van der Waals surface area contributed by atoms with Crippen LogP contribution in [0.1, 0.15) is 42.1 Å². The van der Waals surface area contributed by atoms with Gasteiger partial charge in [-0.3, -0.25) is 9.78 Å². The summed E-state index contributed by atoms with van der Waals surface area (Å²) in [5.74, 6) is 1.66. The lowest BCUT2D eigenvalue weighted by atomic mass is 10.1. The number of nitrogens with one attached hydrogen (secondary N) is 2. The van der Waals surface area contributed by atoms with Gasteiger partial charge in [-0.15, -0.1) is 0 Å². The second-order valence-corrected chi connectivity index (χ2v) is 6.81. The second-order valence-electron chi connectivity index (χ2n) is 6.81. The number of carbonyl (C=O) groups excluding carboxylic acids is 1. The van der Waals surface area contributed by atoms with Gasteiger partial charge < -0.3 is 15.4 Å². The number of hydrogen-bond acceptors (Lipinski definition) is 4. The van der Waals surface area contributed by atoms with Crippen molar-refractivity contribution >= 4 is 5.91 Å². The van der Waals surface area contributed by atoms with Crippen LogP contribution in [0.15, 0.2) is 48.8 Å². The van der Waals surface area contributed by atoms with E-state index in [0.717, 1.165) is 24.6 Å². The number of rotatable bonds is 10. The van der Waals surface area contributed by atoms with Crippen LogP contribution in [0.5, 0.6) is 5.75 Å². The van der Waals surface area contributed by atoms with Gasteiger partial charge in [0.15, 0.2) is 0 Å². The number of para-hydroxylation sites is 1. The van der Waals surface area contributed by atoms with Crippen molar-refractivity contribution in [3.63, 3.8) is 0 Å². The number of aromatic nitrogens is 1. The van der Waals surface area contributed by atoms with E-state index in [1.54, 1.807) is 24.5 Å². The van der Waals surface area contributed by atoms with E-state index < -0.39 is 0 Å². The highest BCUT2D eigenvalue weighted by molar-refractivity contribution is 5.93. The fourth-order valence-electron chi connectivity index (χ4n) is 2.88. The van der Waals surface area contributed by atoms with Crippen molar-refractivity contribution in [3.8, 4) is 5.75 Å². The molecule has 5 nitrogen and oxygen atoms in total. The number of nitrogens with zero attached hydrogens (tertiary/aromatic N) is 1. The van der Waals surface area contributed by atoms with E-state index in [9.17, 15) is 4.79 Å². The summed E-state index contributed by atoms with van der Waals surface area (Å²) in [5, 5.41) is 6.48. The predicted octanol–water partition coefficient (Wildman–Crippen LogP) is 3.17. The fourth-order valence-corrected chi connectivity index (χ4v) is 2.88. The van der Waals surface area contributed by atoms with Crippen LogP contribution in [-0.2, 0) is 6.54 Å². The standard InChI is InChI=1S/C21H27N3O2/c1-16(17-9-10-17)24-15-18-6-2-3-8-20(18)26-13-5-12-23-21(25)19-7-4-11-22-14-19/h2-4,6-8,11,14,16-17,24H,5,9-10,12-13,15H2,1H3,(H,23,25). The third kappa shape index (κ3) is 5.56. The summed E-state index contributed by atoms with van der Waals surface area (Å²) in [7, 11) is 0. The molecule has 3 rings (SSSR count). The molecule has 1 unspecified atom stereocenters. The normalized spacial score (nSPS) is 14.7. The lowest BCUT2D eigenvalue weighted by Gasteiger charge is -2.16. The molecule has 5 heteroatoms. The predicted molar refractivity (Wildman–Crippen MR) is 102 cm³/mol. The molecule has 1 heterocycles. The molecular formula is C21H27N3O2. The molecule has 0 radical (unpaired) electrons. The van der Waals surface area contributed by atoms with Crippen LogP contribution in [-0.4, -0.2) is 30.1 Å². The van der Waals surface area contributed by atoms with E-state index in [4.69, 9.17) is 4.74 Å². The number of amides is 1. The zero-order chi connectivity index (χ0) is 18.2. The van der Waals surface area contributed by atoms with Gasteiger partial charge in [0.1, 0.15) is 5.75 Å². The quantitative estimate of drug-likeness (QED) is 0.644. The van der Waals surface area contributed by atoms with Gasteiger partial charge in [0, 0.05) is 37.1 Å². The molecule has 0 spiro atoms. The molecule has 1 aliphatic carbocycles. The number of pyridine rings is 1. The highest BCUT2D eigenvalue weighted by Gasteiger charge is 2.27. The number of carbonyl (C=O) groups is 1. The van der Waals surface area contributed by atoms with Gasteiger partial charge in [-0.25, -0.2) is 0 Å². The van der Waals surface area contributed by atoms with Crippen molar-refractivity contribution in [1.29, 1.82) is 0 Å². The number of benzene rings is 1. The van der Waals surface area contributed by atoms with Crippen LogP contribution >= 0.6 is 0 Å². The average Bonchev–Trinajstić information content (AvgIpc) is 3.52. The molecule has 1 atom stereocenters. The number of ether oxygens (including phenoxy) is 1. The maximum absolute atomic E-state index is 11.9. The first kappa shape index (κ1) is 18.4. The van der Waals surface area contributed by atoms with Crippen molar-refractivity contribution in [2.75, 3.05) is 13.2 Å². The van der Waals surface area contributed by atoms with Crippen LogP contribution < -0.4 is 15.4 Å². The maximum atomic E-state index is 11.9. The Bertz CT molecular complexity index is 701. The van der Waals surface area contributed by atoms with Gasteiger partial charge in [-0.2, -0.15) is 0 Å². The Morgan fingerprint density at radius 3 is 2.88 bits per heavy atom. The van der Waals surface area contributed by atoms with E-state index >= 15 is 0 Å². The molecule has 1 aromatic heterocycles. The Morgan fingerprint density at radius 1 is 1.27 bits per heavy atom. The van der Waals surface area contributed by atoms with Crippen LogP contribution in [0.2, 0.25) is 0 Å². The minimum Gasteiger partial charge on any atom is -0.493 e. The second kappa shape index (κ2) is 9.34. The lowest BCUT2D eigenvalue weighted by molar-refractivity contribution is 0.0951. The highest BCUT2D eigenvalue weighted by atomic mass is 16.5. The molecule has 1 amide bonds. The van der Waals surface area contributed by atoms with Gasteiger partial charge in [0.25, 0.3) is 5.91 Å². The van der Waals surface area contributed by atoms with E-state index in [0.29, 0.717) is 24.8 Å². The molecule has 0 aliphatic heterocycles. The van der Waals surface area contributed by atoms with Gasteiger partial charge in [-0.1, -0.05) is 18.2 Å². The topological polar surface area (TPSA) is 63.2 Å².